The summed E-state index contributed by atoms with van der Waals surface area (Å²) in [4.78, 5) is 31.2. The van der Waals surface area contributed by atoms with E-state index in [-0.39, 0.29) is 23.7 Å². The molecule has 3 atom stereocenters. The topological polar surface area (TPSA) is 64.7 Å². The Kier molecular flexibility index (Phi) is 8.07. The van der Waals surface area contributed by atoms with Crippen LogP contribution in [-0.2, 0) is 22.4 Å². The van der Waals surface area contributed by atoms with Gasteiger partial charge >= 0.3 is 0 Å². The largest absolute Gasteiger partial charge is 0.354 e. The van der Waals surface area contributed by atoms with Gasteiger partial charge in [0.1, 0.15) is 0 Å². The Morgan fingerprint density at radius 1 is 1.06 bits per heavy atom. The van der Waals surface area contributed by atoms with Gasteiger partial charge in [-0.3, -0.25) is 14.5 Å². The number of likely N-dealkylation sites (tertiary alicyclic amines) is 2. The number of aryl methyl sites for hydroxylation is 2. The first-order valence-corrected chi connectivity index (χ1v) is 13.1. The van der Waals surface area contributed by atoms with Gasteiger partial charge in [0.2, 0.25) is 11.8 Å². The fourth-order valence-electron chi connectivity index (χ4n) is 6.04. The average molecular weight is 455 g/mol. The lowest BCUT2D eigenvalue weighted by Gasteiger charge is -2.37. The second-order valence-corrected chi connectivity index (χ2v) is 10.7. The van der Waals surface area contributed by atoms with Gasteiger partial charge in [-0.15, -0.1) is 0 Å². The molecule has 2 heterocycles. The van der Waals surface area contributed by atoms with Gasteiger partial charge in [-0.1, -0.05) is 26.8 Å². The van der Waals surface area contributed by atoms with Crippen molar-refractivity contribution in [1.82, 2.24) is 15.1 Å². The molecule has 1 aliphatic carbocycles. The molecule has 4 rings (SSSR count). The molecule has 0 radical (unpaired) electrons. The Morgan fingerprint density at radius 2 is 1.82 bits per heavy atom. The van der Waals surface area contributed by atoms with E-state index in [2.05, 4.69) is 53.3 Å². The van der Waals surface area contributed by atoms with Gasteiger partial charge in [-0.25, -0.2) is 0 Å². The highest BCUT2D eigenvalue weighted by Crippen LogP contribution is 2.28. The number of nitrogens with zero attached hydrogens (tertiary/aromatic N) is 2. The molecule has 2 fully saturated rings. The second-order valence-electron chi connectivity index (χ2n) is 10.7. The second kappa shape index (κ2) is 11.0. The molecule has 2 aliphatic heterocycles. The number of piperidine rings is 1. The van der Waals surface area contributed by atoms with Crippen molar-refractivity contribution in [2.45, 2.75) is 65.3 Å². The number of anilines is 1. The van der Waals surface area contributed by atoms with E-state index < -0.39 is 0 Å². The highest BCUT2D eigenvalue weighted by molar-refractivity contribution is 5.93. The first kappa shape index (κ1) is 24.2. The van der Waals surface area contributed by atoms with Gasteiger partial charge in [0.15, 0.2) is 0 Å². The number of benzene rings is 1. The van der Waals surface area contributed by atoms with Crippen molar-refractivity contribution in [2.24, 2.45) is 17.8 Å². The Hall–Kier alpha value is -1.92. The SMILES string of the molecule is CCN1CCC[C@H]1CNC(=O)[C@H]1C[C@@H](C(=O)Nc2ccc3c(c2)CCC3)CN(CC(C)C)C1. The summed E-state index contributed by atoms with van der Waals surface area (Å²) in [5.41, 5.74) is 3.67. The summed E-state index contributed by atoms with van der Waals surface area (Å²) in [5.74, 6) is 0.364. The van der Waals surface area contributed by atoms with Gasteiger partial charge < -0.3 is 15.5 Å². The molecule has 1 aromatic carbocycles. The normalized spacial score (nSPS) is 25.9. The maximum Gasteiger partial charge on any atom is 0.228 e. The van der Waals surface area contributed by atoms with Crippen LogP contribution in [0.15, 0.2) is 18.2 Å². The van der Waals surface area contributed by atoms with Gasteiger partial charge in [0.25, 0.3) is 0 Å². The third kappa shape index (κ3) is 6.15. The summed E-state index contributed by atoms with van der Waals surface area (Å²) >= 11 is 0. The van der Waals surface area contributed by atoms with Crippen LogP contribution in [0.25, 0.3) is 0 Å². The van der Waals surface area contributed by atoms with Gasteiger partial charge in [0.05, 0.1) is 11.8 Å². The molecule has 6 nitrogen and oxygen atoms in total. The fraction of sp³-hybridized carbons (Fsp3) is 0.704. The van der Waals surface area contributed by atoms with Crippen LogP contribution in [0, 0.1) is 17.8 Å². The highest BCUT2D eigenvalue weighted by atomic mass is 16.2. The minimum atomic E-state index is -0.167. The van der Waals surface area contributed by atoms with E-state index in [0.717, 1.165) is 64.2 Å². The number of fused-ring (bicyclic) bond motifs is 1. The number of likely N-dealkylation sites (N-methyl/N-ethyl adjacent to an activating group) is 1. The molecule has 0 saturated carbocycles. The van der Waals surface area contributed by atoms with Crippen molar-refractivity contribution < 1.29 is 9.59 Å². The third-order valence-corrected chi connectivity index (χ3v) is 7.67. The Labute approximate surface area is 199 Å². The van der Waals surface area contributed by atoms with Crippen molar-refractivity contribution >= 4 is 17.5 Å². The molecule has 182 valence electrons. The van der Waals surface area contributed by atoms with Crippen LogP contribution in [0.3, 0.4) is 0 Å². The monoisotopic (exact) mass is 454 g/mol. The summed E-state index contributed by atoms with van der Waals surface area (Å²) in [5, 5.41) is 6.39. The smallest absolute Gasteiger partial charge is 0.228 e. The first-order chi connectivity index (χ1) is 15.9. The maximum atomic E-state index is 13.2. The summed E-state index contributed by atoms with van der Waals surface area (Å²) in [6.45, 7) is 11.9. The van der Waals surface area contributed by atoms with Crippen LogP contribution >= 0.6 is 0 Å². The van der Waals surface area contributed by atoms with Gasteiger partial charge in [0, 0.05) is 37.9 Å². The van der Waals surface area contributed by atoms with E-state index in [1.165, 1.54) is 24.0 Å². The minimum Gasteiger partial charge on any atom is -0.354 e. The van der Waals surface area contributed by atoms with E-state index in [0.29, 0.717) is 18.4 Å². The highest BCUT2D eigenvalue weighted by Gasteiger charge is 2.36. The summed E-state index contributed by atoms with van der Waals surface area (Å²) in [7, 11) is 0. The molecular formula is C27H42N4O2. The average Bonchev–Trinajstić information content (AvgIpc) is 3.45. The molecule has 0 bridgehead atoms. The predicted molar refractivity (Wildman–Crippen MR) is 133 cm³/mol. The third-order valence-electron chi connectivity index (χ3n) is 7.67. The fourth-order valence-corrected chi connectivity index (χ4v) is 6.04. The zero-order valence-electron chi connectivity index (χ0n) is 20.7. The van der Waals surface area contributed by atoms with Crippen molar-refractivity contribution in [3.8, 4) is 0 Å². The zero-order valence-corrected chi connectivity index (χ0v) is 20.7. The van der Waals surface area contributed by atoms with Crippen LogP contribution in [0.2, 0.25) is 0 Å². The summed E-state index contributed by atoms with van der Waals surface area (Å²) in [6, 6.07) is 6.78. The predicted octanol–water partition coefficient (Wildman–Crippen LogP) is 3.31. The van der Waals surface area contributed by atoms with Crippen molar-refractivity contribution in [1.29, 1.82) is 0 Å². The molecule has 6 heteroatoms. The molecule has 3 aliphatic rings. The Bertz CT molecular complexity index is 839. The summed E-state index contributed by atoms with van der Waals surface area (Å²) < 4.78 is 0. The maximum absolute atomic E-state index is 13.2. The van der Waals surface area contributed by atoms with Crippen LogP contribution in [0.5, 0.6) is 0 Å². The molecule has 0 aromatic heterocycles. The number of hydrogen-bond acceptors (Lipinski definition) is 4. The first-order valence-electron chi connectivity index (χ1n) is 13.1. The van der Waals surface area contributed by atoms with Gasteiger partial charge in [-0.05, 0) is 80.8 Å². The standard InChI is InChI=1S/C27H42N4O2/c1-4-31-12-6-9-25(31)15-28-26(32)22-13-23(18-30(17-22)16-19(2)3)27(33)29-24-11-10-20-7-5-8-21(20)14-24/h10-11,14,19,22-23,25H,4-9,12-13,15-18H2,1-3H3,(H,28,32)(H,29,33)/t22-,23+,25-/m0/s1. The lowest BCUT2D eigenvalue weighted by molar-refractivity contribution is -0.130. The van der Waals surface area contributed by atoms with Crippen LogP contribution in [0.4, 0.5) is 5.69 Å². The Morgan fingerprint density at radius 3 is 2.58 bits per heavy atom. The van der Waals surface area contributed by atoms with Crippen molar-refractivity contribution in [2.75, 3.05) is 44.6 Å². The zero-order chi connectivity index (χ0) is 23.4. The Balaban J connectivity index is 1.38. The molecule has 33 heavy (non-hydrogen) atoms. The molecule has 2 amide bonds. The molecule has 2 saturated heterocycles. The number of amides is 2. The lowest BCUT2D eigenvalue weighted by Crippen LogP contribution is -2.51. The van der Waals surface area contributed by atoms with Crippen LogP contribution in [0.1, 0.15) is 57.6 Å². The number of nitrogens with one attached hydrogen (secondary N) is 2. The molecule has 0 spiro atoms. The minimum absolute atomic E-state index is 0.0483. The number of hydrogen-bond donors (Lipinski definition) is 2. The molecule has 2 N–H and O–H groups in total. The summed E-state index contributed by atoms with van der Waals surface area (Å²) in [6.07, 6.45) is 6.44. The number of carbonyl (C=O) groups excluding carboxylic acids is 2. The quantitative estimate of drug-likeness (QED) is 0.633. The van der Waals surface area contributed by atoms with E-state index in [9.17, 15) is 9.59 Å². The van der Waals surface area contributed by atoms with E-state index in [1.807, 2.05) is 6.07 Å². The van der Waals surface area contributed by atoms with E-state index >= 15 is 0 Å². The molecule has 0 unspecified atom stereocenters. The van der Waals surface area contributed by atoms with Crippen molar-refractivity contribution in [3.05, 3.63) is 29.3 Å². The van der Waals surface area contributed by atoms with E-state index in [4.69, 9.17) is 0 Å². The van der Waals surface area contributed by atoms with Crippen molar-refractivity contribution in [3.63, 3.8) is 0 Å². The van der Waals surface area contributed by atoms with E-state index in [1.54, 1.807) is 0 Å². The molecular weight excluding hydrogens is 412 g/mol. The van der Waals surface area contributed by atoms with Gasteiger partial charge in [-0.2, -0.15) is 0 Å². The lowest BCUT2D eigenvalue weighted by atomic mass is 9.87. The molecule has 1 aromatic rings. The van der Waals surface area contributed by atoms with Crippen LogP contribution in [-0.4, -0.2) is 66.9 Å². The number of rotatable bonds is 8. The van der Waals surface area contributed by atoms with Crippen LogP contribution < -0.4 is 10.6 Å². The number of carbonyl (C=O) groups is 2.